The number of esters is 1. The third-order valence-electron chi connectivity index (χ3n) is 5.41. The molecule has 1 aliphatic heterocycles. The Morgan fingerprint density at radius 1 is 1.00 bits per heavy atom. The van der Waals surface area contributed by atoms with Crippen molar-refractivity contribution in [2.24, 2.45) is 0 Å². The smallest absolute Gasteiger partial charge is 0.338 e. The zero-order valence-corrected chi connectivity index (χ0v) is 20.6. The molecule has 0 bridgehead atoms. The van der Waals surface area contributed by atoms with Gasteiger partial charge in [0.15, 0.2) is 18.1 Å². The molecular weight excluding hydrogens is 484 g/mol. The quantitative estimate of drug-likeness (QED) is 0.447. The van der Waals surface area contributed by atoms with Crippen molar-refractivity contribution in [3.63, 3.8) is 0 Å². The lowest BCUT2D eigenvalue weighted by Gasteiger charge is -2.26. The summed E-state index contributed by atoms with van der Waals surface area (Å²) < 4.78 is 44.9. The molecule has 0 radical (unpaired) electrons. The minimum atomic E-state index is -3.95. The van der Waals surface area contributed by atoms with Gasteiger partial charge >= 0.3 is 5.97 Å². The number of nitrogens with one attached hydrogen (secondary N) is 2. The van der Waals surface area contributed by atoms with Gasteiger partial charge in [-0.1, -0.05) is 30.3 Å². The number of anilines is 1. The Morgan fingerprint density at radius 2 is 1.78 bits per heavy atom. The fourth-order valence-corrected chi connectivity index (χ4v) is 4.91. The second-order valence-corrected chi connectivity index (χ2v) is 9.98. The molecule has 0 fully saturated rings. The third kappa shape index (κ3) is 6.14. The van der Waals surface area contributed by atoms with Crippen molar-refractivity contribution in [3.05, 3.63) is 83.4 Å². The number of amides is 1. The fraction of sp³-hybridized carbons (Fsp3) is 0.231. The highest BCUT2D eigenvalue weighted by Gasteiger charge is 2.22. The number of fused-ring (bicyclic) bond motifs is 1. The summed E-state index contributed by atoms with van der Waals surface area (Å²) in [4.78, 5) is 24.7. The summed E-state index contributed by atoms with van der Waals surface area (Å²) >= 11 is 0. The van der Waals surface area contributed by atoms with E-state index in [4.69, 9.17) is 14.2 Å². The van der Waals surface area contributed by atoms with Crippen molar-refractivity contribution in [2.75, 3.05) is 24.5 Å². The molecule has 1 unspecified atom stereocenters. The van der Waals surface area contributed by atoms with Crippen molar-refractivity contribution >= 4 is 27.6 Å². The van der Waals surface area contributed by atoms with Crippen LogP contribution in [0.1, 0.15) is 21.5 Å². The highest BCUT2D eigenvalue weighted by molar-refractivity contribution is 7.92. The number of aryl methyl sites for hydroxylation is 2. The van der Waals surface area contributed by atoms with Crippen molar-refractivity contribution in [1.82, 2.24) is 5.32 Å². The number of hydrogen-bond donors (Lipinski definition) is 2. The monoisotopic (exact) mass is 510 g/mol. The molecule has 9 nitrogen and oxygen atoms in total. The Hall–Kier alpha value is -4.05. The van der Waals surface area contributed by atoms with Crippen LogP contribution in [-0.2, 0) is 19.6 Å². The standard InChI is InChI=1S/C26H26N2O7S/c1-17-6-5-7-20(12-17)28-36(31,32)24-13-19(11-10-18(24)2)26(30)34-16-25(29)27-14-21-15-33-22-8-3-4-9-23(22)35-21/h3-13,21,28H,14-16H2,1-2H3,(H,27,29). The molecule has 0 saturated carbocycles. The number of benzene rings is 3. The molecule has 1 aliphatic rings. The highest BCUT2D eigenvalue weighted by Crippen LogP contribution is 2.30. The predicted molar refractivity (Wildman–Crippen MR) is 133 cm³/mol. The second kappa shape index (κ2) is 10.7. The Kier molecular flexibility index (Phi) is 7.44. The molecule has 36 heavy (non-hydrogen) atoms. The summed E-state index contributed by atoms with van der Waals surface area (Å²) in [5.41, 5.74) is 1.78. The van der Waals surface area contributed by atoms with E-state index in [-0.39, 0.29) is 29.7 Å². The number of carbonyl (C=O) groups excluding carboxylic acids is 2. The maximum absolute atomic E-state index is 12.9. The van der Waals surface area contributed by atoms with Gasteiger partial charge in [0.05, 0.1) is 17.0 Å². The normalized spacial score (nSPS) is 14.6. The van der Waals surface area contributed by atoms with Crippen LogP contribution in [0.5, 0.6) is 11.5 Å². The van der Waals surface area contributed by atoms with Gasteiger partial charge in [-0.2, -0.15) is 0 Å². The average molecular weight is 511 g/mol. The van der Waals surface area contributed by atoms with Crippen LogP contribution in [-0.4, -0.2) is 46.2 Å². The minimum Gasteiger partial charge on any atom is -0.486 e. The first-order chi connectivity index (χ1) is 17.2. The summed E-state index contributed by atoms with van der Waals surface area (Å²) in [6, 6.07) is 18.4. The lowest BCUT2D eigenvalue weighted by Crippen LogP contribution is -2.42. The third-order valence-corrected chi connectivity index (χ3v) is 6.94. The highest BCUT2D eigenvalue weighted by atomic mass is 32.2. The number of hydrogen-bond acceptors (Lipinski definition) is 7. The van der Waals surface area contributed by atoms with Gasteiger partial charge in [-0.3, -0.25) is 9.52 Å². The molecule has 1 heterocycles. The number of para-hydroxylation sites is 2. The second-order valence-electron chi connectivity index (χ2n) is 8.33. The van der Waals surface area contributed by atoms with Gasteiger partial charge in [0, 0.05) is 5.69 Å². The van der Waals surface area contributed by atoms with Gasteiger partial charge in [0.1, 0.15) is 12.7 Å². The number of carbonyl (C=O) groups is 2. The predicted octanol–water partition coefficient (Wildman–Crippen LogP) is 3.22. The van der Waals surface area contributed by atoms with Crippen molar-refractivity contribution < 1.29 is 32.2 Å². The van der Waals surface area contributed by atoms with Gasteiger partial charge in [0.25, 0.3) is 15.9 Å². The SMILES string of the molecule is Cc1cccc(NS(=O)(=O)c2cc(C(=O)OCC(=O)NCC3COc4ccccc4O3)ccc2C)c1. The molecule has 3 aromatic carbocycles. The molecular formula is C26H26N2O7S. The minimum absolute atomic E-state index is 0.0126. The Bertz CT molecular complexity index is 1390. The fourth-order valence-electron chi connectivity index (χ4n) is 3.59. The lowest BCUT2D eigenvalue weighted by atomic mass is 10.1. The van der Waals surface area contributed by atoms with Crippen molar-refractivity contribution in [2.45, 2.75) is 24.8 Å². The van der Waals surface area contributed by atoms with E-state index in [1.54, 1.807) is 37.3 Å². The van der Waals surface area contributed by atoms with E-state index >= 15 is 0 Å². The number of sulfonamides is 1. The van der Waals surface area contributed by atoms with Crippen LogP contribution < -0.4 is 19.5 Å². The van der Waals surface area contributed by atoms with Gasteiger partial charge in [-0.05, 0) is 61.4 Å². The maximum Gasteiger partial charge on any atom is 0.338 e. The summed E-state index contributed by atoms with van der Waals surface area (Å²) in [5, 5.41) is 2.64. The van der Waals surface area contributed by atoms with Crippen molar-refractivity contribution in [1.29, 1.82) is 0 Å². The van der Waals surface area contributed by atoms with Crippen LogP contribution >= 0.6 is 0 Å². The first-order valence-corrected chi connectivity index (χ1v) is 12.7. The van der Waals surface area contributed by atoms with Crippen LogP contribution in [0.4, 0.5) is 5.69 Å². The van der Waals surface area contributed by atoms with Gasteiger partial charge < -0.3 is 19.5 Å². The Morgan fingerprint density at radius 3 is 2.56 bits per heavy atom. The molecule has 2 N–H and O–H groups in total. The van der Waals surface area contributed by atoms with E-state index in [0.29, 0.717) is 22.7 Å². The van der Waals surface area contributed by atoms with Crippen LogP contribution in [0.3, 0.4) is 0 Å². The average Bonchev–Trinajstić information content (AvgIpc) is 2.85. The molecule has 0 aliphatic carbocycles. The summed E-state index contributed by atoms with van der Waals surface area (Å²) in [6.45, 7) is 3.39. The van der Waals surface area contributed by atoms with Gasteiger partial charge in [-0.25, -0.2) is 13.2 Å². The molecule has 3 aromatic rings. The maximum atomic E-state index is 12.9. The Balaban J connectivity index is 1.32. The first-order valence-electron chi connectivity index (χ1n) is 11.2. The summed E-state index contributed by atoms with van der Waals surface area (Å²) in [6.07, 6.45) is -0.384. The zero-order valence-electron chi connectivity index (χ0n) is 19.8. The van der Waals surface area contributed by atoms with Crippen LogP contribution in [0.25, 0.3) is 0 Å². The molecule has 10 heteroatoms. The largest absolute Gasteiger partial charge is 0.486 e. The van der Waals surface area contributed by atoms with E-state index in [1.807, 2.05) is 25.1 Å². The van der Waals surface area contributed by atoms with Gasteiger partial charge in [0.2, 0.25) is 0 Å². The van der Waals surface area contributed by atoms with E-state index in [1.165, 1.54) is 18.2 Å². The van der Waals surface area contributed by atoms with E-state index in [2.05, 4.69) is 10.0 Å². The van der Waals surface area contributed by atoms with Crippen LogP contribution in [0, 0.1) is 13.8 Å². The molecule has 1 atom stereocenters. The molecule has 0 saturated heterocycles. The van der Waals surface area contributed by atoms with Gasteiger partial charge in [-0.15, -0.1) is 0 Å². The van der Waals surface area contributed by atoms with E-state index in [0.717, 1.165) is 5.56 Å². The summed E-state index contributed by atoms with van der Waals surface area (Å²) in [7, 11) is -3.95. The summed E-state index contributed by atoms with van der Waals surface area (Å²) in [5.74, 6) is -0.103. The van der Waals surface area contributed by atoms with E-state index < -0.39 is 28.5 Å². The van der Waals surface area contributed by atoms with E-state index in [9.17, 15) is 18.0 Å². The number of rotatable bonds is 8. The lowest BCUT2D eigenvalue weighted by molar-refractivity contribution is -0.124. The Labute approximate surface area is 209 Å². The molecule has 188 valence electrons. The van der Waals surface area contributed by atoms with Crippen LogP contribution in [0.2, 0.25) is 0 Å². The molecule has 0 aromatic heterocycles. The molecule has 1 amide bonds. The van der Waals surface area contributed by atoms with Crippen molar-refractivity contribution in [3.8, 4) is 11.5 Å². The van der Waals surface area contributed by atoms with Crippen LogP contribution in [0.15, 0.2) is 71.6 Å². The topological polar surface area (TPSA) is 120 Å². The zero-order chi connectivity index (χ0) is 25.7. The molecule has 0 spiro atoms. The number of ether oxygens (including phenoxy) is 3. The molecule has 4 rings (SSSR count). The first kappa shape index (κ1) is 25.1.